The van der Waals surface area contributed by atoms with Gasteiger partial charge in [-0.3, -0.25) is 4.79 Å². The molecule has 0 aromatic heterocycles. The van der Waals surface area contributed by atoms with Gasteiger partial charge in [-0.1, -0.05) is 12.1 Å². The first-order chi connectivity index (χ1) is 11.1. The third-order valence-electron chi connectivity index (χ3n) is 4.14. The first kappa shape index (κ1) is 15.5. The summed E-state index contributed by atoms with van der Waals surface area (Å²) in [7, 11) is 0. The number of amides is 1. The lowest BCUT2D eigenvalue weighted by Gasteiger charge is -2.22. The number of carbonyl (C=O) groups is 1. The van der Waals surface area contributed by atoms with Gasteiger partial charge in [0, 0.05) is 5.69 Å². The van der Waals surface area contributed by atoms with E-state index in [1.165, 1.54) is 41.8 Å². The lowest BCUT2D eigenvalue weighted by atomic mass is 9.91. The fourth-order valence-corrected chi connectivity index (χ4v) is 2.88. The van der Waals surface area contributed by atoms with Gasteiger partial charge in [0.2, 0.25) is 0 Å². The highest BCUT2D eigenvalue weighted by Gasteiger charge is 2.19. The Morgan fingerprint density at radius 1 is 1.13 bits per heavy atom. The van der Waals surface area contributed by atoms with Crippen molar-refractivity contribution in [3.05, 3.63) is 59.4 Å². The number of hydrogen-bond donors (Lipinski definition) is 1. The number of fused-ring (bicyclic) bond motifs is 1. The smallest absolute Gasteiger partial charge is 0.265 e. The van der Waals surface area contributed by atoms with Crippen LogP contribution >= 0.6 is 0 Å². The van der Waals surface area contributed by atoms with E-state index in [-0.39, 0.29) is 11.7 Å². The number of carbonyl (C=O) groups excluding carboxylic acids is 1. The van der Waals surface area contributed by atoms with Crippen LogP contribution in [0, 0.1) is 5.82 Å². The van der Waals surface area contributed by atoms with Crippen LogP contribution in [0.1, 0.15) is 30.9 Å². The number of halogens is 1. The van der Waals surface area contributed by atoms with Crippen LogP contribution in [0.3, 0.4) is 0 Å². The lowest BCUT2D eigenvalue weighted by molar-refractivity contribution is -0.122. The highest BCUT2D eigenvalue weighted by molar-refractivity contribution is 5.94. The van der Waals surface area contributed by atoms with E-state index >= 15 is 0 Å². The van der Waals surface area contributed by atoms with Gasteiger partial charge in [0.15, 0.2) is 6.10 Å². The molecule has 0 unspecified atom stereocenters. The molecular formula is C19H20FNO2. The van der Waals surface area contributed by atoms with Crippen LogP contribution in [0.15, 0.2) is 42.5 Å². The van der Waals surface area contributed by atoms with Crippen molar-refractivity contribution in [1.82, 2.24) is 0 Å². The third-order valence-corrected chi connectivity index (χ3v) is 4.14. The van der Waals surface area contributed by atoms with Gasteiger partial charge < -0.3 is 10.1 Å². The fourth-order valence-electron chi connectivity index (χ4n) is 2.88. The molecule has 1 aliphatic rings. The van der Waals surface area contributed by atoms with Crippen molar-refractivity contribution in [2.75, 3.05) is 5.32 Å². The highest BCUT2D eigenvalue weighted by Crippen LogP contribution is 2.30. The van der Waals surface area contributed by atoms with Crippen LogP contribution in [0.4, 0.5) is 10.1 Å². The van der Waals surface area contributed by atoms with E-state index in [4.69, 9.17) is 4.74 Å². The molecular weight excluding hydrogens is 293 g/mol. The summed E-state index contributed by atoms with van der Waals surface area (Å²) < 4.78 is 18.8. The Bertz CT molecular complexity index is 697. The maximum atomic E-state index is 12.9. The van der Waals surface area contributed by atoms with Gasteiger partial charge in [-0.2, -0.15) is 0 Å². The van der Waals surface area contributed by atoms with Crippen molar-refractivity contribution in [1.29, 1.82) is 0 Å². The molecule has 0 aliphatic heterocycles. The molecule has 1 amide bonds. The van der Waals surface area contributed by atoms with Gasteiger partial charge >= 0.3 is 0 Å². The number of benzene rings is 2. The molecule has 2 aromatic carbocycles. The van der Waals surface area contributed by atoms with E-state index in [9.17, 15) is 9.18 Å². The summed E-state index contributed by atoms with van der Waals surface area (Å²) in [5.74, 6) is 0.220. The van der Waals surface area contributed by atoms with Gasteiger partial charge in [0.25, 0.3) is 5.91 Å². The van der Waals surface area contributed by atoms with E-state index in [2.05, 4.69) is 11.4 Å². The van der Waals surface area contributed by atoms with Crippen LogP contribution < -0.4 is 10.1 Å². The first-order valence-electron chi connectivity index (χ1n) is 7.97. The van der Waals surface area contributed by atoms with E-state index < -0.39 is 6.10 Å². The predicted molar refractivity (Wildman–Crippen MR) is 88.2 cm³/mol. The molecule has 3 nitrogen and oxygen atoms in total. The zero-order valence-corrected chi connectivity index (χ0v) is 13.1. The molecule has 4 heteroatoms. The van der Waals surface area contributed by atoms with Crippen molar-refractivity contribution in [3.8, 4) is 5.75 Å². The minimum absolute atomic E-state index is 0.245. The standard InChI is InChI=1S/C19H20FNO2/c1-13(19(22)21-16-11-9-15(20)10-12-16)23-18-8-4-6-14-5-2-3-7-17(14)18/h4,6,8-13H,2-3,5,7H2,1H3,(H,21,22)/t13-/m1/s1. The molecule has 1 N–H and O–H groups in total. The Balaban J connectivity index is 1.68. The Hall–Kier alpha value is -2.36. The summed E-state index contributed by atoms with van der Waals surface area (Å²) in [6.45, 7) is 1.72. The molecule has 0 bridgehead atoms. The molecule has 0 saturated carbocycles. The van der Waals surface area contributed by atoms with Gasteiger partial charge in [0.05, 0.1) is 0 Å². The van der Waals surface area contributed by atoms with Crippen LogP contribution in [0.5, 0.6) is 5.75 Å². The largest absolute Gasteiger partial charge is 0.481 e. The minimum atomic E-state index is -0.617. The summed E-state index contributed by atoms with van der Waals surface area (Å²) in [5, 5.41) is 2.74. The van der Waals surface area contributed by atoms with Crippen LogP contribution in [-0.4, -0.2) is 12.0 Å². The summed E-state index contributed by atoms with van der Waals surface area (Å²) in [5.41, 5.74) is 3.10. The second-order valence-corrected chi connectivity index (χ2v) is 5.86. The molecule has 1 atom stereocenters. The number of nitrogens with one attached hydrogen (secondary N) is 1. The van der Waals surface area contributed by atoms with E-state index in [0.29, 0.717) is 5.69 Å². The average molecular weight is 313 g/mol. The van der Waals surface area contributed by atoms with Crippen molar-refractivity contribution < 1.29 is 13.9 Å². The van der Waals surface area contributed by atoms with Crippen molar-refractivity contribution in [2.45, 2.75) is 38.7 Å². The summed E-state index contributed by atoms with van der Waals surface area (Å²) in [6.07, 6.45) is 3.81. The zero-order valence-electron chi connectivity index (χ0n) is 13.1. The second-order valence-electron chi connectivity index (χ2n) is 5.86. The zero-order chi connectivity index (χ0) is 16.2. The molecule has 0 heterocycles. The highest BCUT2D eigenvalue weighted by atomic mass is 19.1. The lowest BCUT2D eigenvalue weighted by Crippen LogP contribution is -2.30. The van der Waals surface area contributed by atoms with Gasteiger partial charge in [-0.15, -0.1) is 0 Å². The monoisotopic (exact) mass is 313 g/mol. The van der Waals surface area contributed by atoms with Crippen LogP contribution in [-0.2, 0) is 17.6 Å². The van der Waals surface area contributed by atoms with E-state index in [0.717, 1.165) is 25.0 Å². The van der Waals surface area contributed by atoms with Crippen molar-refractivity contribution >= 4 is 11.6 Å². The molecule has 0 radical (unpaired) electrons. The number of hydrogen-bond acceptors (Lipinski definition) is 2. The minimum Gasteiger partial charge on any atom is -0.481 e. The summed E-state index contributed by atoms with van der Waals surface area (Å²) in [6, 6.07) is 11.7. The van der Waals surface area contributed by atoms with Crippen LogP contribution in [0.2, 0.25) is 0 Å². The molecule has 1 aliphatic carbocycles. The number of anilines is 1. The maximum absolute atomic E-state index is 12.9. The van der Waals surface area contributed by atoms with Crippen molar-refractivity contribution in [3.63, 3.8) is 0 Å². The molecule has 23 heavy (non-hydrogen) atoms. The molecule has 0 fully saturated rings. The van der Waals surface area contributed by atoms with E-state index in [1.807, 2.05) is 12.1 Å². The summed E-state index contributed by atoms with van der Waals surface area (Å²) in [4.78, 5) is 12.2. The third kappa shape index (κ3) is 3.70. The second kappa shape index (κ2) is 6.82. The topological polar surface area (TPSA) is 38.3 Å². The van der Waals surface area contributed by atoms with Gasteiger partial charge in [0.1, 0.15) is 11.6 Å². The first-order valence-corrected chi connectivity index (χ1v) is 7.97. The molecule has 0 spiro atoms. The maximum Gasteiger partial charge on any atom is 0.265 e. The molecule has 0 saturated heterocycles. The molecule has 2 aromatic rings. The fraction of sp³-hybridized carbons (Fsp3) is 0.316. The Kier molecular flexibility index (Phi) is 4.60. The van der Waals surface area contributed by atoms with Crippen molar-refractivity contribution in [2.24, 2.45) is 0 Å². The SMILES string of the molecule is C[C@@H](Oc1cccc2c1CCCC2)C(=O)Nc1ccc(F)cc1. The Labute approximate surface area is 135 Å². The number of aryl methyl sites for hydroxylation is 1. The Morgan fingerprint density at radius 3 is 2.65 bits per heavy atom. The molecule has 3 rings (SSSR count). The predicted octanol–water partition coefficient (Wildman–Crippen LogP) is 4.11. The van der Waals surface area contributed by atoms with Crippen LogP contribution in [0.25, 0.3) is 0 Å². The summed E-state index contributed by atoms with van der Waals surface area (Å²) >= 11 is 0. The van der Waals surface area contributed by atoms with Gasteiger partial charge in [-0.25, -0.2) is 4.39 Å². The molecule has 120 valence electrons. The average Bonchev–Trinajstić information content (AvgIpc) is 2.57. The normalized spacial score (nSPS) is 14.7. The quantitative estimate of drug-likeness (QED) is 0.922. The number of ether oxygens (including phenoxy) is 1. The Morgan fingerprint density at radius 2 is 1.87 bits per heavy atom. The number of rotatable bonds is 4. The van der Waals surface area contributed by atoms with Gasteiger partial charge in [-0.05, 0) is 74.1 Å². The van der Waals surface area contributed by atoms with E-state index in [1.54, 1.807) is 6.92 Å².